The van der Waals surface area contributed by atoms with Gasteiger partial charge in [0.25, 0.3) is 5.91 Å². The molecule has 1 saturated carbocycles. The highest BCUT2D eigenvalue weighted by atomic mass is 16.5. The van der Waals surface area contributed by atoms with E-state index in [-0.39, 0.29) is 24.7 Å². The zero-order chi connectivity index (χ0) is 14.4. The van der Waals surface area contributed by atoms with Crippen LogP contribution in [0.5, 0.6) is 0 Å². The van der Waals surface area contributed by atoms with Crippen LogP contribution in [0.1, 0.15) is 35.2 Å². The number of pyridine rings is 1. The van der Waals surface area contributed by atoms with Gasteiger partial charge in [-0.25, -0.2) is 0 Å². The Morgan fingerprint density at radius 3 is 3.15 bits per heavy atom. The van der Waals surface area contributed by atoms with Gasteiger partial charge in [-0.2, -0.15) is 0 Å². The van der Waals surface area contributed by atoms with Gasteiger partial charge < -0.3 is 15.2 Å². The van der Waals surface area contributed by atoms with E-state index in [9.17, 15) is 4.79 Å². The van der Waals surface area contributed by atoms with Gasteiger partial charge in [-0.1, -0.05) is 11.8 Å². The first-order valence-corrected chi connectivity index (χ1v) is 6.62. The van der Waals surface area contributed by atoms with Crippen molar-refractivity contribution >= 4 is 5.91 Å². The normalized spacial score (nSPS) is 21.1. The second-order valence-electron chi connectivity index (χ2n) is 4.72. The van der Waals surface area contributed by atoms with Crippen molar-refractivity contribution in [1.82, 2.24) is 10.3 Å². The minimum Gasteiger partial charge on any atom is -0.384 e. The van der Waals surface area contributed by atoms with E-state index >= 15 is 0 Å². The van der Waals surface area contributed by atoms with Crippen LogP contribution in [0.4, 0.5) is 0 Å². The van der Waals surface area contributed by atoms with E-state index in [0.717, 1.165) is 19.3 Å². The van der Waals surface area contributed by atoms with E-state index < -0.39 is 0 Å². The van der Waals surface area contributed by atoms with Crippen molar-refractivity contribution in [2.24, 2.45) is 0 Å². The summed E-state index contributed by atoms with van der Waals surface area (Å²) < 4.78 is 5.29. The van der Waals surface area contributed by atoms with Crippen LogP contribution in [-0.4, -0.2) is 41.9 Å². The van der Waals surface area contributed by atoms with Crippen LogP contribution in [0.25, 0.3) is 0 Å². The Morgan fingerprint density at radius 2 is 2.45 bits per heavy atom. The van der Waals surface area contributed by atoms with Gasteiger partial charge in [-0.3, -0.25) is 9.78 Å². The fraction of sp³-hybridized carbons (Fsp3) is 0.467. The van der Waals surface area contributed by atoms with E-state index in [1.165, 1.54) is 6.20 Å². The average molecular weight is 274 g/mol. The Bertz CT molecular complexity index is 533. The van der Waals surface area contributed by atoms with Crippen LogP contribution in [0.15, 0.2) is 18.5 Å². The molecule has 0 saturated heterocycles. The SMILES string of the molecule is COC1CCC(NC(=O)c2ccncc2C#CCO)C1. The Kier molecular flexibility index (Phi) is 5.10. The number of carbonyl (C=O) groups excluding carboxylic acids is 1. The largest absolute Gasteiger partial charge is 0.384 e. The number of ether oxygens (including phenoxy) is 1. The summed E-state index contributed by atoms with van der Waals surface area (Å²) in [7, 11) is 1.69. The molecular weight excluding hydrogens is 256 g/mol. The van der Waals surface area contributed by atoms with Gasteiger partial charge in [0.05, 0.1) is 17.2 Å². The van der Waals surface area contributed by atoms with E-state index in [4.69, 9.17) is 9.84 Å². The summed E-state index contributed by atoms with van der Waals surface area (Å²) in [6.45, 7) is -0.242. The minimum absolute atomic E-state index is 0.138. The molecule has 2 N–H and O–H groups in total. The zero-order valence-corrected chi connectivity index (χ0v) is 11.4. The maximum Gasteiger partial charge on any atom is 0.252 e. The maximum atomic E-state index is 12.3. The number of carbonyl (C=O) groups is 1. The Morgan fingerprint density at radius 1 is 1.60 bits per heavy atom. The Labute approximate surface area is 118 Å². The van der Waals surface area contributed by atoms with Crippen LogP contribution in [0.3, 0.4) is 0 Å². The summed E-state index contributed by atoms with van der Waals surface area (Å²) in [5, 5.41) is 11.7. The predicted molar refractivity (Wildman–Crippen MR) is 74.1 cm³/mol. The topological polar surface area (TPSA) is 71.5 Å². The lowest BCUT2D eigenvalue weighted by Crippen LogP contribution is -2.33. The number of methoxy groups -OCH3 is 1. The minimum atomic E-state index is -0.242. The van der Waals surface area contributed by atoms with Crippen LogP contribution >= 0.6 is 0 Å². The average Bonchev–Trinajstić information content (AvgIpc) is 2.93. The standard InChI is InChI=1S/C15H18N2O3/c1-20-13-5-4-12(9-13)17-15(19)14-6-7-16-10-11(14)3-2-8-18/h6-7,10,12-13,18H,4-5,8-9H2,1H3,(H,17,19). The fourth-order valence-electron chi connectivity index (χ4n) is 2.38. The monoisotopic (exact) mass is 274 g/mol. The molecule has 0 spiro atoms. The third kappa shape index (κ3) is 3.56. The van der Waals surface area contributed by atoms with Crippen LogP contribution in [0.2, 0.25) is 0 Å². The number of rotatable bonds is 3. The summed E-state index contributed by atoms with van der Waals surface area (Å²) >= 11 is 0. The van der Waals surface area contributed by atoms with Crippen molar-refractivity contribution in [2.75, 3.05) is 13.7 Å². The third-order valence-electron chi connectivity index (χ3n) is 3.42. The van der Waals surface area contributed by atoms with E-state index in [2.05, 4.69) is 22.1 Å². The smallest absolute Gasteiger partial charge is 0.252 e. The fourth-order valence-corrected chi connectivity index (χ4v) is 2.38. The number of aliphatic hydroxyl groups excluding tert-OH is 1. The van der Waals surface area contributed by atoms with Crippen LogP contribution in [0, 0.1) is 11.8 Å². The number of nitrogens with zero attached hydrogens (tertiary/aromatic N) is 1. The van der Waals surface area contributed by atoms with Crippen LogP contribution in [-0.2, 0) is 4.74 Å². The molecule has 2 rings (SSSR count). The Balaban J connectivity index is 2.06. The van der Waals surface area contributed by atoms with Gasteiger partial charge in [-0.15, -0.1) is 0 Å². The predicted octanol–water partition coefficient (Wildman–Crippen LogP) is 0.723. The van der Waals surface area contributed by atoms with Crippen molar-refractivity contribution in [2.45, 2.75) is 31.4 Å². The molecular formula is C15H18N2O3. The number of aliphatic hydroxyl groups is 1. The summed E-state index contributed by atoms with van der Waals surface area (Å²) in [6.07, 6.45) is 6.05. The quantitative estimate of drug-likeness (QED) is 0.797. The van der Waals surface area contributed by atoms with Gasteiger partial charge >= 0.3 is 0 Å². The van der Waals surface area contributed by atoms with Gasteiger partial charge in [0.1, 0.15) is 6.61 Å². The maximum absolute atomic E-state index is 12.3. The molecule has 0 aliphatic heterocycles. The van der Waals surface area contributed by atoms with Gasteiger partial charge in [-0.05, 0) is 25.3 Å². The zero-order valence-electron chi connectivity index (χ0n) is 11.4. The third-order valence-corrected chi connectivity index (χ3v) is 3.42. The molecule has 1 aliphatic carbocycles. The van der Waals surface area contributed by atoms with Crippen molar-refractivity contribution in [1.29, 1.82) is 0 Å². The molecule has 1 amide bonds. The van der Waals surface area contributed by atoms with Crippen molar-refractivity contribution in [3.8, 4) is 11.8 Å². The summed E-state index contributed by atoms with van der Waals surface area (Å²) in [4.78, 5) is 16.2. The number of aromatic nitrogens is 1. The molecule has 0 radical (unpaired) electrons. The summed E-state index contributed by atoms with van der Waals surface area (Å²) in [5.41, 5.74) is 1.02. The lowest BCUT2D eigenvalue weighted by Gasteiger charge is -2.13. The van der Waals surface area contributed by atoms with Crippen molar-refractivity contribution in [3.05, 3.63) is 29.6 Å². The molecule has 2 atom stereocenters. The highest BCUT2D eigenvalue weighted by molar-refractivity contribution is 5.96. The first-order valence-electron chi connectivity index (χ1n) is 6.62. The molecule has 1 aromatic heterocycles. The van der Waals surface area contributed by atoms with E-state index in [1.807, 2.05) is 0 Å². The van der Waals surface area contributed by atoms with Crippen molar-refractivity contribution in [3.63, 3.8) is 0 Å². The molecule has 1 heterocycles. The van der Waals surface area contributed by atoms with E-state index in [0.29, 0.717) is 11.1 Å². The first-order chi connectivity index (χ1) is 9.74. The van der Waals surface area contributed by atoms with Crippen LogP contribution < -0.4 is 5.32 Å². The number of amides is 1. The molecule has 5 heteroatoms. The van der Waals surface area contributed by atoms with Gasteiger partial charge in [0.15, 0.2) is 0 Å². The van der Waals surface area contributed by atoms with Gasteiger partial charge in [0.2, 0.25) is 0 Å². The molecule has 20 heavy (non-hydrogen) atoms. The summed E-state index contributed by atoms with van der Waals surface area (Å²) in [6, 6.07) is 1.78. The van der Waals surface area contributed by atoms with Crippen molar-refractivity contribution < 1.29 is 14.6 Å². The summed E-state index contributed by atoms with van der Waals surface area (Å²) in [5.74, 6) is 5.12. The molecule has 0 aromatic carbocycles. The first kappa shape index (κ1) is 14.5. The molecule has 5 nitrogen and oxygen atoms in total. The molecule has 0 bridgehead atoms. The second-order valence-corrected chi connectivity index (χ2v) is 4.72. The van der Waals surface area contributed by atoms with E-state index in [1.54, 1.807) is 19.4 Å². The number of hydrogen-bond acceptors (Lipinski definition) is 4. The molecule has 1 aliphatic rings. The van der Waals surface area contributed by atoms with Gasteiger partial charge in [0, 0.05) is 25.5 Å². The molecule has 1 fully saturated rings. The highest BCUT2D eigenvalue weighted by Crippen LogP contribution is 2.21. The molecule has 2 unspecified atom stereocenters. The number of hydrogen-bond donors (Lipinski definition) is 2. The lowest BCUT2D eigenvalue weighted by atomic mass is 10.1. The molecule has 106 valence electrons. The lowest BCUT2D eigenvalue weighted by molar-refractivity contribution is 0.0914. The Hall–Kier alpha value is -1.90. The highest BCUT2D eigenvalue weighted by Gasteiger charge is 2.26. The second kappa shape index (κ2) is 7.04. The number of nitrogens with one attached hydrogen (secondary N) is 1. The molecule has 1 aromatic rings.